The van der Waals surface area contributed by atoms with Gasteiger partial charge in [0.05, 0.1) is 12.5 Å². The molecule has 19 heavy (non-hydrogen) atoms. The van der Waals surface area contributed by atoms with Gasteiger partial charge in [-0.15, -0.1) is 0 Å². The highest BCUT2D eigenvalue weighted by molar-refractivity contribution is 5.85. The van der Waals surface area contributed by atoms with Gasteiger partial charge < -0.3 is 9.47 Å². The lowest BCUT2D eigenvalue weighted by Gasteiger charge is -2.14. The van der Waals surface area contributed by atoms with Crippen LogP contribution in [0, 0.1) is 5.92 Å². The summed E-state index contributed by atoms with van der Waals surface area (Å²) in [5.74, 6) is -0.850. The second-order valence-electron chi connectivity index (χ2n) is 4.31. The first-order valence-electron chi connectivity index (χ1n) is 6.38. The summed E-state index contributed by atoms with van der Waals surface area (Å²) in [5.41, 5.74) is 1.02. The second kappa shape index (κ2) is 8.43. The topological polar surface area (TPSA) is 52.6 Å². The van der Waals surface area contributed by atoms with Gasteiger partial charge in [0.2, 0.25) is 0 Å². The maximum atomic E-state index is 11.9. The Bertz CT molecular complexity index is 400. The number of carbonyl (C=O) groups is 2. The molecule has 1 rings (SSSR count). The summed E-state index contributed by atoms with van der Waals surface area (Å²) < 4.78 is 9.82. The van der Waals surface area contributed by atoms with Crippen molar-refractivity contribution in [2.75, 3.05) is 20.3 Å². The summed E-state index contributed by atoms with van der Waals surface area (Å²) in [6, 6.07) is 9.61. The van der Waals surface area contributed by atoms with Crippen LogP contribution in [0.2, 0.25) is 0 Å². The van der Waals surface area contributed by atoms with Gasteiger partial charge in [-0.25, -0.2) is 0 Å². The SMILES string of the molecule is CCOC(=O)C(CC(=O)COC)Cc1ccccc1. The van der Waals surface area contributed by atoms with Crippen molar-refractivity contribution in [3.8, 4) is 0 Å². The summed E-state index contributed by atoms with van der Waals surface area (Å²) in [6.45, 7) is 2.11. The minimum absolute atomic E-state index is 0.0324. The number of Topliss-reactive ketones (excluding diaryl/α,β-unsaturated/α-hetero) is 1. The highest BCUT2D eigenvalue weighted by atomic mass is 16.5. The monoisotopic (exact) mass is 264 g/mol. The van der Waals surface area contributed by atoms with Gasteiger partial charge in [0.25, 0.3) is 0 Å². The van der Waals surface area contributed by atoms with E-state index in [0.717, 1.165) is 5.56 Å². The summed E-state index contributed by atoms with van der Waals surface area (Å²) in [6.07, 6.45) is 0.663. The van der Waals surface area contributed by atoms with Gasteiger partial charge in [-0.2, -0.15) is 0 Å². The first-order valence-corrected chi connectivity index (χ1v) is 6.38. The lowest BCUT2D eigenvalue weighted by atomic mass is 9.94. The Kier molecular flexibility index (Phi) is 6.82. The van der Waals surface area contributed by atoms with Crippen molar-refractivity contribution in [3.05, 3.63) is 35.9 Å². The molecule has 0 spiro atoms. The number of benzene rings is 1. The molecule has 1 aromatic carbocycles. The third-order valence-electron chi connectivity index (χ3n) is 2.72. The third-order valence-corrected chi connectivity index (χ3v) is 2.72. The molecule has 0 fully saturated rings. The predicted octanol–water partition coefficient (Wildman–Crippen LogP) is 2.01. The van der Waals surface area contributed by atoms with Gasteiger partial charge >= 0.3 is 5.97 Å². The predicted molar refractivity (Wildman–Crippen MR) is 71.8 cm³/mol. The van der Waals surface area contributed by atoms with Crippen molar-refractivity contribution in [1.82, 2.24) is 0 Å². The van der Waals surface area contributed by atoms with Crippen LogP contribution >= 0.6 is 0 Å². The molecule has 0 bridgehead atoms. The molecule has 0 heterocycles. The fourth-order valence-corrected chi connectivity index (χ4v) is 1.89. The van der Waals surface area contributed by atoms with E-state index >= 15 is 0 Å². The zero-order chi connectivity index (χ0) is 14.1. The Morgan fingerprint density at radius 2 is 1.89 bits per heavy atom. The number of ketones is 1. The van der Waals surface area contributed by atoms with Gasteiger partial charge in [0.15, 0.2) is 5.78 Å². The van der Waals surface area contributed by atoms with E-state index in [4.69, 9.17) is 9.47 Å². The number of methoxy groups -OCH3 is 1. The van der Waals surface area contributed by atoms with E-state index in [0.29, 0.717) is 13.0 Å². The maximum absolute atomic E-state index is 11.9. The van der Waals surface area contributed by atoms with Crippen molar-refractivity contribution >= 4 is 11.8 Å². The van der Waals surface area contributed by atoms with Crippen molar-refractivity contribution < 1.29 is 19.1 Å². The Morgan fingerprint density at radius 3 is 2.47 bits per heavy atom. The normalized spacial score (nSPS) is 11.9. The lowest BCUT2D eigenvalue weighted by Crippen LogP contribution is -2.24. The molecule has 4 nitrogen and oxygen atoms in total. The Balaban J connectivity index is 2.69. The van der Waals surface area contributed by atoms with E-state index in [9.17, 15) is 9.59 Å². The van der Waals surface area contributed by atoms with Crippen LogP contribution in [0.1, 0.15) is 18.9 Å². The molecular formula is C15H20O4. The van der Waals surface area contributed by atoms with E-state index in [-0.39, 0.29) is 24.8 Å². The van der Waals surface area contributed by atoms with E-state index in [1.165, 1.54) is 7.11 Å². The highest BCUT2D eigenvalue weighted by Crippen LogP contribution is 2.15. The van der Waals surface area contributed by atoms with E-state index in [2.05, 4.69) is 0 Å². The zero-order valence-electron chi connectivity index (χ0n) is 11.4. The van der Waals surface area contributed by atoms with Crippen LogP contribution in [-0.2, 0) is 25.5 Å². The minimum Gasteiger partial charge on any atom is -0.466 e. The van der Waals surface area contributed by atoms with Crippen molar-refractivity contribution in [1.29, 1.82) is 0 Å². The summed E-state index contributed by atoms with van der Waals surface area (Å²) in [7, 11) is 1.47. The van der Waals surface area contributed by atoms with Crippen LogP contribution in [0.3, 0.4) is 0 Å². The maximum Gasteiger partial charge on any atom is 0.309 e. The number of hydrogen-bond acceptors (Lipinski definition) is 4. The minimum atomic E-state index is -0.440. The standard InChI is InChI=1S/C15H20O4/c1-3-19-15(17)13(10-14(16)11-18-2)9-12-7-5-4-6-8-12/h4-8,13H,3,9-11H2,1-2H3. The molecule has 1 atom stereocenters. The molecule has 0 saturated carbocycles. The molecule has 1 unspecified atom stereocenters. The Morgan fingerprint density at radius 1 is 1.21 bits per heavy atom. The summed E-state index contributed by atoms with van der Waals surface area (Å²) in [5, 5.41) is 0. The van der Waals surface area contributed by atoms with Crippen molar-refractivity contribution in [2.45, 2.75) is 19.8 Å². The molecule has 0 N–H and O–H groups in total. The molecule has 0 saturated heterocycles. The van der Waals surface area contributed by atoms with Gasteiger partial charge in [0, 0.05) is 13.5 Å². The third kappa shape index (κ3) is 5.66. The average Bonchev–Trinajstić information content (AvgIpc) is 2.40. The van der Waals surface area contributed by atoms with Gasteiger partial charge in [-0.1, -0.05) is 30.3 Å². The van der Waals surface area contributed by atoms with Gasteiger partial charge in [0.1, 0.15) is 6.61 Å². The van der Waals surface area contributed by atoms with Crippen LogP contribution in [0.4, 0.5) is 0 Å². The fourth-order valence-electron chi connectivity index (χ4n) is 1.89. The van der Waals surface area contributed by atoms with E-state index in [1.54, 1.807) is 6.92 Å². The van der Waals surface area contributed by atoms with Crippen molar-refractivity contribution in [3.63, 3.8) is 0 Å². The number of hydrogen-bond donors (Lipinski definition) is 0. The molecule has 104 valence electrons. The molecule has 0 aliphatic heterocycles. The molecule has 0 aliphatic carbocycles. The molecule has 4 heteroatoms. The van der Waals surface area contributed by atoms with E-state index < -0.39 is 5.92 Å². The Labute approximate surface area is 113 Å². The summed E-state index contributed by atoms with van der Waals surface area (Å²) >= 11 is 0. The molecule has 0 amide bonds. The van der Waals surface area contributed by atoms with Crippen LogP contribution in [0.5, 0.6) is 0 Å². The fraction of sp³-hybridized carbons (Fsp3) is 0.467. The van der Waals surface area contributed by atoms with Crippen LogP contribution in [0.15, 0.2) is 30.3 Å². The second-order valence-corrected chi connectivity index (χ2v) is 4.31. The van der Waals surface area contributed by atoms with Gasteiger partial charge in [-0.05, 0) is 18.9 Å². The number of carbonyl (C=O) groups excluding carboxylic acids is 2. The molecule has 0 radical (unpaired) electrons. The molecular weight excluding hydrogens is 244 g/mol. The number of ether oxygens (including phenoxy) is 2. The zero-order valence-corrected chi connectivity index (χ0v) is 11.4. The van der Waals surface area contributed by atoms with Crippen LogP contribution in [-0.4, -0.2) is 32.1 Å². The first kappa shape index (κ1) is 15.4. The van der Waals surface area contributed by atoms with E-state index in [1.807, 2.05) is 30.3 Å². The van der Waals surface area contributed by atoms with Crippen LogP contribution in [0.25, 0.3) is 0 Å². The molecule has 1 aromatic rings. The molecule has 0 aliphatic rings. The highest BCUT2D eigenvalue weighted by Gasteiger charge is 2.23. The van der Waals surface area contributed by atoms with Gasteiger partial charge in [-0.3, -0.25) is 9.59 Å². The quantitative estimate of drug-likeness (QED) is 0.674. The number of esters is 1. The van der Waals surface area contributed by atoms with Crippen LogP contribution < -0.4 is 0 Å². The molecule has 0 aromatic heterocycles. The smallest absolute Gasteiger partial charge is 0.309 e. The summed E-state index contributed by atoms with van der Waals surface area (Å²) in [4.78, 5) is 23.5. The lowest BCUT2D eigenvalue weighted by molar-refractivity contribution is -0.149. The van der Waals surface area contributed by atoms with Crippen molar-refractivity contribution in [2.24, 2.45) is 5.92 Å². The largest absolute Gasteiger partial charge is 0.466 e. The first-order chi connectivity index (χ1) is 9.17. The Hall–Kier alpha value is -1.68. The number of rotatable bonds is 8. The average molecular weight is 264 g/mol.